The first-order chi connectivity index (χ1) is 16.6. The van der Waals surface area contributed by atoms with Crippen LogP contribution in [0, 0.1) is 11.6 Å². The zero-order valence-electron chi connectivity index (χ0n) is 20.5. The van der Waals surface area contributed by atoms with Gasteiger partial charge >= 0.3 is 0 Å². The highest BCUT2D eigenvalue weighted by Crippen LogP contribution is 2.43. The van der Waals surface area contributed by atoms with Gasteiger partial charge in [0, 0.05) is 43.3 Å². The highest BCUT2D eigenvalue weighted by atomic mass is 19.2. The molecule has 2 unspecified atom stereocenters. The molecule has 2 N–H and O–H groups in total. The molecule has 2 saturated heterocycles. The number of aromatic nitrogens is 2. The monoisotopic (exact) mass is 485 g/mol. The molecule has 1 aliphatic carbocycles. The summed E-state index contributed by atoms with van der Waals surface area (Å²) < 4.78 is 27.8. The van der Waals surface area contributed by atoms with Gasteiger partial charge in [0.2, 0.25) is 5.91 Å². The Balaban J connectivity index is 1.35. The average Bonchev–Trinajstić information content (AvgIpc) is 3.34. The van der Waals surface area contributed by atoms with Gasteiger partial charge in [-0.05, 0) is 56.7 Å². The van der Waals surface area contributed by atoms with Crippen LogP contribution in [0.3, 0.4) is 0 Å². The lowest BCUT2D eigenvalue weighted by atomic mass is 9.88. The van der Waals surface area contributed by atoms with E-state index in [9.17, 15) is 18.7 Å². The van der Waals surface area contributed by atoms with Crippen LogP contribution in [0.5, 0.6) is 0 Å². The van der Waals surface area contributed by atoms with Crippen LogP contribution in [-0.2, 0) is 4.79 Å². The number of aliphatic hydroxyl groups excluding tert-OH is 1. The van der Waals surface area contributed by atoms with Gasteiger partial charge in [-0.25, -0.2) is 18.7 Å². The van der Waals surface area contributed by atoms with Gasteiger partial charge in [0.1, 0.15) is 12.1 Å². The average molecular weight is 486 g/mol. The fourth-order valence-electron chi connectivity index (χ4n) is 5.95. The predicted octanol–water partition coefficient (Wildman–Crippen LogP) is 3.26. The minimum absolute atomic E-state index is 0.0671. The third kappa shape index (κ3) is 4.51. The molecular weight excluding hydrogens is 452 g/mol. The molecule has 4 atom stereocenters. The Bertz CT molecular complexity index is 1120. The van der Waals surface area contributed by atoms with Crippen molar-refractivity contribution >= 4 is 11.7 Å². The van der Waals surface area contributed by atoms with Crippen molar-refractivity contribution in [2.45, 2.75) is 69.6 Å². The summed E-state index contributed by atoms with van der Waals surface area (Å²) in [6.07, 6.45) is 3.27. The Morgan fingerprint density at radius 2 is 1.91 bits per heavy atom. The number of nitrogens with one attached hydrogen (secondary N) is 1. The largest absolute Gasteiger partial charge is 0.387 e. The molecule has 0 bridgehead atoms. The summed E-state index contributed by atoms with van der Waals surface area (Å²) >= 11 is 0. The molecule has 0 radical (unpaired) electrons. The van der Waals surface area contributed by atoms with Crippen LogP contribution in [0.25, 0.3) is 0 Å². The van der Waals surface area contributed by atoms with Crippen LogP contribution in [-0.4, -0.2) is 63.6 Å². The maximum atomic E-state index is 14.1. The second-order valence-electron chi connectivity index (χ2n) is 10.8. The summed E-state index contributed by atoms with van der Waals surface area (Å²) in [5, 5.41) is 13.9. The maximum absolute atomic E-state index is 14.1. The van der Waals surface area contributed by atoms with Crippen LogP contribution in [0.15, 0.2) is 24.5 Å². The second-order valence-corrected chi connectivity index (χ2v) is 10.8. The first kappa shape index (κ1) is 24.1. The second kappa shape index (κ2) is 9.09. The molecule has 35 heavy (non-hydrogen) atoms. The SMILES string of the molecule is C[C@@H]1C[C@@H](O)c2ncnc(N3CCN(C(=O)C(c4ccc(F)c(F)c4)C4CCC(C)(C)N4)CC3)c21. The highest BCUT2D eigenvalue weighted by molar-refractivity contribution is 5.85. The number of rotatable bonds is 4. The lowest BCUT2D eigenvalue weighted by Gasteiger charge is -2.39. The molecule has 1 aromatic heterocycles. The van der Waals surface area contributed by atoms with E-state index in [4.69, 9.17) is 0 Å². The van der Waals surface area contributed by atoms with Crippen molar-refractivity contribution in [1.82, 2.24) is 20.2 Å². The molecule has 5 rings (SSSR count). The van der Waals surface area contributed by atoms with Crippen molar-refractivity contribution in [3.8, 4) is 0 Å². The molecule has 188 valence electrons. The Kier molecular flexibility index (Phi) is 6.25. The molecule has 2 aliphatic heterocycles. The Morgan fingerprint density at radius 3 is 2.57 bits per heavy atom. The Labute approximate surface area is 204 Å². The van der Waals surface area contributed by atoms with Gasteiger partial charge < -0.3 is 20.2 Å². The van der Waals surface area contributed by atoms with Gasteiger partial charge in [0.15, 0.2) is 11.6 Å². The van der Waals surface area contributed by atoms with E-state index in [1.54, 1.807) is 0 Å². The van der Waals surface area contributed by atoms with Crippen molar-refractivity contribution in [2.75, 3.05) is 31.1 Å². The minimum atomic E-state index is -0.934. The molecular formula is C26H33F2N5O2. The van der Waals surface area contributed by atoms with E-state index in [2.05, 4.69) is 41.0 Å². The van der Waals surface area contributed by atoms with Crippen molar-refractivity contribution < 1.29 is 18.7 Å². The number of anilines is 1. The van der Waals surface area contributed by atoms with Crippen LogP contribution in [0.1, 0.15) is 74.8 Å². The molecule has 0 spiro atoms. The summed E-state index contributed by atoms with van der Waals surface area (Å²) in [6, 6.07) is 3.65. The fourth-order valence-corrected chi connectivity index (χ4v) is 5.95. The third-order valence-electron chi connectivity index (χ3n) is 7.80. The highest BCUT2D eigenvalue weighted by Gasteiger charge is 2.41. The summed E-state index contributed by atoms with van der Waals surface area (Å²) in [4.78, 5) is 26.6. The van der Waals surface area contributed by atoms with Crippen LogP contribution >= 0.6 is 0 Å². The number of nitrogens with zero attached hydrogens (tertiary/aromatic N) is 4. The molecule has 2 fully saturated rings. The smallest absolute Gasteiger partial charge is 0.231 e. The van der Waals surface area contributed by atoms with Crippen LogP contribution in [0.2, 0.25) is 0 Å². The first-order valence-corrected chi connectivity index (χ1v) is 12.4. The summed E-state index contributed by atoms with van der Waals surface area (Å²) in [5.41, 5.74) is 2.09. The molecule has 1 amide bonds. The topological polar surface area (TPSA) is 81.6 Å². The number of amides is 1. The summed E-state index contributed by atoms with van der Waals surface area (Å²) in [6.45, 7) is 8.48. The van der Waals surface area contributed by atoms with Crippen molar-refractivity contribution in [3.05, 3.63) is 53.0 Å². The van der Waals surface area contributed by atoms with E-state index in [1.807, 2.05) is 4.90 Å². The van der Waals surface area contributed by atoms with E-state index in [-0.39, 0.29) is 23.4 Å². The van der Waals surface area contributed by atoms with E-state index in [1.165, 1.54) is 12.4 Å². The molecule has 7 nitrogen and oxygen atoms in total. The lowest BCUT2D eigenvalue weighted by Crippen LogP contribution is -2.53. The predicted molar refractivity (Wildman–Crippen MR) is 128 cm³/mol. The quantitative estimate of drug-likeness (QED) is 0.692. The van der Waals surface area contributed by atoms with Gasteiger partial charge in [0.05, 0.1) is 17.7 Å². The number of hydrogen-bond acceptors (Lipinski definition) is 6. The zero-order valence-corrected chi connectivity index (χ0v) is 20.5. The standard InChI is InChI=1S/C26H33F2N5O2/c1-15-12-20(34)23-21(15)24(30-14-29-23)32-8-10-33(11-9-32)25(35)22(19-6-7-26(2,3)31-19)16-4-5-17(27)18(28)13-16/h4-5,13-15,19-20,22,31,34H,6-12H2,1-3H3/t15-,19?,20-,22?/m1/s1. The van der Waals surface area contributed by atoms with E-state index in [0.717, 1.165) is 36.4 Å². The molecule has 9 heteroatoms. The van der Waals surface area contributed by atoms with Gasteiger partial charge in [-0.15, -0.1) is 0 Å². The van der Waals surface area contributed by atoms with Gasteiger partial charge in [-0.2, -0.15) is 0 Å². The van der Waals surface area contributed by atoms with E-state index < -0.39 is 23.7 Å². The first-order valence-electron chi connectivity index (χ1n) is 12.4. The third-order valence-corrected chi connectivity index (χ3v) is 7.80. The van der Waals surface area contributed by atoms with Gasteiger partial charge in [-0.1, -0.05) is 13.0 Å². The Morgan fingerprint density at radius 1 is 1.17 bits per heavy atom. The number of carbonyl (C=O) groups excluding carboxylic acids is 1. The molecule has 3 aliphatic rings. The van der Waals surface area contributed by atoms with Crippen LogP contribution in [0.4, 0.5) is 14.6 Å². The molecule has 1 aromatic carbocycles. The zero-order chi connectivity index (χ0) is 24.9. The van der Waals surface area contributed by atoms with Crippen molar-refractivity contribution in [1.29, 1.82) is 0 Å². The molecule has 3 heterocycles. The summed E-state index contributed by atoms with van der Waals surface area (Å²) in [5.74, 6) is -1.49. The molecule has 0 saturated carbocycles. The number of piperazine rings is 1. The van der Waals surface area contributed by atoms with E-state index >= 15 is 0 Å². The number of fused-ring (bicyclic) bond motifs is 1. The summed E-state index contributed by atoms with van der Waals surface area (Å²) in [7, 11) is 0. The van der Waals surface area contributed by atoms with Crippen LogP contribution < -0.4 is 10.2 Å². The fraction of sp³-hybridized carbons (Fsp3) is 0.577. The molecule has 2 aromatic rings. The number of benzene rings is 1. The van der Waals surface area contributed by atoms with E-state index in [0.29, 0.717) is 43.9 Å². The lowest BCUT2D eigenvalue weighted by molar-refractivity contribution is -0.133. The normalized spacial score (nSPS) is 26.6. The minimum Gasteiger partial charge on any atom is -0.387 e. The number of halogens is 2. The maximum Gasteiger partial charge on any atom is 0.231 e. The number of carbonyl (C=O) groups is 1. The Hall–Kier alpha value is -2.65. The van der Waals surface area contributed by atoms with Gasteiger partial charge in [-0.3, -0.25) is 4.79 Å². The van der Waals surface area contributed by atoms with Crippen molar-refractivity contribution in [3.63, 3.8) is 0 Å². The van der Waals surface area contributed by atoms with Gasteiger partial charge in [0.25, 0.3) is 0 Å². The van der Waals surface area contributed by atoms with Crippen molar-refractivity contribution in [2.24, 2.45) is 0 Å². The number of hydrogen-bond donors (Lipinski definition) is 2. The number of aliphatic hydroxyl groups is 1.